The minimum atomic E-state index is -0.0751. The monoisotopic (exact) mass is 301 g/mol. The van der Waals surface area contributed by atoms with E-state index >= 15 is 0 Å². The molecule has 94 valence electrons. The second-order valence-corrected chi connectivity index (χ2v) is 5.05. The number of hydrogen-bond acceptors (Lipinski definition) is 3. The Morgan fingerprint density at radius 3 is 2.76 bits per heavy atom. The highest BCUT2D eigenvalue weighted by Crippen LogP contribution is 2.27. The number of carbonyl (C=O) groups is 1. The largest absolute Gasteiger partial charge is 0.444 e. The molecule has 4 nitrogen and oxygen atoms in total. The Morgan fingerprint density at radius 1 is 1.53 bits per heavy atom. The summed E-state index contributed by atoms with van der Waals surface area (Å²) in [6.45, 7) is 0.705. The number of nitrogens with zero attached hydrogens (tertiary/aromatic N) is 1. The van der Waals surface area contributed by atoms with E-state index in [0.29, 0.717) is 29.4 Å². The molecule has 0 unspecified atom stereocenters. The summed E-state index contributed by atoms with van der Waals surface area (Å²) in [6, 6.07) is 3.72. The van der Waals surface area contributed by atoms with Gasteiger partial charge in [-0.2, -0.15) is 0 Å². The van der Waals surface area contributed by atoms with Crippen LogP contribution in [0.1, 0.15) is 36.2 Å². The fourth-order valence-electron chi connectivity index (χ4n) is 1.96. The predicted molar refractivity (Wildman–Crippen MR) is 66.8 cm³/mol. The topological polar surface area (TPSA) is 53.7 Å². The van der Waals surface area contributed by atoms with Crippen LogP contribution in [-0.4, -0.2) is 35.1 Å². The summed E-state index contributed by atoms with van der Waals surface area (Å²) in [5.41, 5.74) is 0. The molecule has 1 amide bonds. The van der Waals surface area contributed by atoms with Gasteiger partial charge in [-0.1, -0.05) is 0 Å². The SMILES string of the molecule is O=C(c1ccc(Br)o1)N(CCCO)C1CCC1. The molecule has 1 N–H and O–H groups in total. The van der Waals surface area contributed by atoms with Crippen molar-refractivity contribution < 1.29 is 14.3 Å². The van der Waals surface area contributed by atoms with Gasteiger partial charge in [0.15, 0.2) is 10.4 Å². The molecular weight excluding hydrogens is 286 g/mol. The Kier molecular flexibility index (Phi) is 4.23. The fourth-order valence-corrected chi connectivity index (χ4v) is 2.27. The lowest BCUT2D eigenvalue weighted by Gasteiger charge is -2.37. The van der Waals surface area contributed by atoms with E-state index in [1.807, 2.05) is 4.90 Å². The minimum Gasteiger partial charge on any atom is -0.444 e. The van der Waals surface area contributed by atoms with Crippen LogP contribution in [0.15, 0.2) is 21.2 Å². The fraction of sp³-hybridized carbons (Fsp3) is 0.583. The van der Waals surface area contributed by atoms with Crippen molar-refractivity contribution in [2.75, 3.05) is 13.2 Å². The second kappa shape index (κ2) is 5.69. The normalized spacial score (nSPS) is 15.6. The molecule has 2 rings (SSSR count). The van der Waals surface area contributed by atoms with Gasteiger partial charge in [-0.05, 0) is 53.7 Å². The zero-order valence-electron chi connectivity index (χ0n) is 9.56. The van der Waals surface area contributed by atoms with Crippen LogP contribution in [0.25, 0.3) is 0 Å². The molecular formula is C12H16BrNO3. The van der Waals surface area contributed by atoms with Crippen LogP contribution in [-0.2, 0) is 0 Å². The summed E-state index contributed by atoms with van der Waals surface area (Å²) in [6.07, 6.45) is 3.90. The summed E-state index contributed by atoms with van der Waals surface area (Å²) in [4.78, 5) is 14.1. The van der Waals surface area contributed by atoms with Crippen LogP contribution in [0.5, 0.6) is 0 Å². The molecule has 17 heavy (non-hydrogen) atoms. The van der Waals surface area contributed by atoms with Gasteiger partial charge in [0.05, 0.1) is 0 Å². The molecule has 0 bridgehead atoms. The van der Waals surface area contributed by atoms with Gasteiger partial charge in [0.25, 0.3) is 5.91 Å². The number of halogens is 1. The lowest BCUT2D eigenvalue weighted by molar-refractivity contribution is 0.0529. The van der Waals surface area contributed by atoms with Gasteiger partial charge >= 0.3 is 0 Å². The van der Waals surface area contributed by atoms with E-state index in [9.17, 15) is 4.79 Å². The van der Waals surface area contributed by atoms with Crippen molar-refractivity contribution in [3.05, 3.63) is 22.6 Å². The summed E-state index contributed by atoms with van der Waals surface area (Å²) in [7, 11) is 0. The summed E-state index contributed by atoms with van der Waals surface area (Å²) >= 11 is 3.19. The van der Waals surface area contributed by atoms with Crippen molar-refractivity contribution in [1.82, 2.24) is 4.90 Å². The van der Waals surface area contributed by atoms with Gasteiger partial charge in [0.2, 0.25) is 0 Å². The molecule has 5 heteroatoms. The van der Waals surface area contributed by atoms with E-state index in [4.69, 9.17) is 9.52 Å². The van der Waals surface area contributed by atoms with Crippen molar-refractivity contribution in [3.8, 4) is 0 Å². The van der Waals surface area contributed by atoms with Crippen molar-refractivity contribution in [1.29, 1.82) is 0 Å². The molecule has 1 aromatic heterocycles. The highest BCUT2D eigenvalue weighted by molar-refractivity contribution is 9.10. The van der Waals surface area contributed by atoms with Crippen LogP contribution < -0.4 is 0 Å². The maximum absolute atomic E-state index is 12.2. The van der Waals surface area contributed by atoms with Crippen molar-refractivity contribution >= 4 is 21.8 Å². The Balaban J connectivity index is 2.06. The maximum atomic E-state index is 12.2. The van der Waals surface area contributed by atoms with Crippen LogP contribution in [0.3, 0.4) is 0 Å². The van der Waals surface area contributed by atoms with Crippen molar-refractivity contribution in [2.45, 2.75) is 31.7 Å². The third kappa shape index (κ3) is 2.90. The molecule has 0 atom stereocenters. The molecule has 0 aliphatic heterocycles. The Morgan fingerprint density at radius 2 is 2.29 bits per heavy atom. The van der Waals surface area contributed by atoms with E-state index in [1.54, 1.807) is 12.1 Å². The van der Waals surface area contributed by atoms with Crippen LogP contribution in [0.4, 0.5) is 0 Å². The van der Waals surface area contributed by atoms with Gasteiger partial charge in [0.1, 0.15) is 0 Å². The van der Waals surface area contributed by atoms with Gasteiger partial charge in [-0.25, -0.2) is 0 Å². The molecule has 1 saturated carbocycles. The van der Waals surface area contributed by atoms with Crippen LogP contribution >= 0.6 is 15.9 Å². The second-order valence-electron chi connectivity index (χ2n) is 4.26. The van der Waals surface area contributed by atoms with E-state index < -0.39 is 0 Å². The number of rotatable bonds is 5. The standard InChI is InChI=1S/C12H16BrNO3/c13-11-6-5-10(17-11)12(16)14(7-2-8-15)9-3-1-4-9/h5-6,9,15H,1-4,7-8H2. The quantitative estimate of drug-likeness (QED) is 0.909. The number of aliphatic hydroxyl groups excluding tert-OH is 1. The van der Waals surface area contributed by atoms with Gasteiger partial charge in [0, 0.05) is 19.2 Å². The van der Waals surface area contributed by atoms with E-state index in [0.717, 1.165) is 12.8 Å². The predicted octanol–water partition coefficient (Wildman–Crippen LogP) is 2.42. The van der Waals surface area contributed by atoms with Crippen molar-refractivity contribution in [3.63, 3.8) is 0 Å². The van der Waals surface area contributed by atoms with E-state index in [-0.39, 0.29) is 12.5 Å². The average Bonchev–Trinajstić information content (AvgIpc) is 2.67. The number of aliphatic hydroxyl groups is 1. The molecule has 0 spiro atoms. The number of hydrogen-bond donors (Lipinski definition) is 1. The van der Waals surface area contributed by atoms with Crippen molar-refractivity contribution in [2.24, 2.45) is 0 Å². The first-order valence-electron chi connectivity index (χ1n) is 5.89. The minimum absolute atomic E-state index is 0.0751. The number of amides is 1. The van der Waals surface area contributed by atoms with Crippen LogP contribution in [0.2, 0.25) is 0 Å². The maximum Gasteiger partial charge on any atom is 0.289 e. The Labute approximate surface area is 109 Å². The van der Waals surface area contributed by atoms with Gasteiger partial charge in [-0.15, -0.1) is 0 Å². The zero-order valence-corrected chi connectivity index (χ0v) is 11.1. The third-order valence-electron chi connectivity index (χ3n) is 3.12. The lowest BCUT2D eigenvalue weighted by Crippen LogP contribution is -2.44. The Bertz CT molecular complexity index is 387. The zero-order chi connectivity index (χ0) is 12.3. The molecule has 1 heterocycles. The summed E-state index contributed by atoms with van der Waals surface area (Å²) < 4.78 is 5.85. The number of carbonyl (C=O) groups excluding carboxylic acids is 1. The highest BCUT2D eigenvalue weighted by atomic mass is 79.9. The average molecular weight is 302 g/mol. The van der Waals surface area contributed by atoms with Gasteiger partial charge in [-0.3, -0.25) is 4.79 Å². The van der Waals surface area contributed by atoms with Crippen LogP contribution in [0, 0.1) is 0 Å². The van der Waals surface area contributed by atoms with E-state index in [2.05, 4.69) is 15.9 Å². The highest BCUT2D eigenvalue weighted by Gasteiger charge is 2.30. The molecule has 1 fully saturated rings. The molecule has 1 aliphatic carbocycles. The first kappa shape index (κ1) is 12.6. The molecule has 0 aromatic carbocycles. The lowest BCUT2D eigenvalue weighted by atomic mass is 9.91. The summed E-state index contributed by atoms with van der Waals surface area (Å²) in [5.74, 6) is 0.288. The Hall–Kier alpha value is -0.810. The molecule has 1 aliphatic rings. The summed E-state index contributed by atoms with van der Waals surface area (Å²) in [5, 5.41) is 8.88. The third-order valence-corrected chi connectivity index (χ3v) is 3.54. The first-order chi connectivity index (χ1) is 8.22. The van der Waals surface area contributed by atoms with Gasteiger partial charge < -0.3 is 14.4 Å². The smallest absolute Gasteiger partial charge is 0.289 e. The molecule has 0 radical (unpaired) electrons. The number of furan rings is 1. The molecule has 0 saturated heterocycles. The first-order valence-corrected chi connectivity index (χ1v) is 6.69. The molecule has 1 aromatic rings. The van der Waals surface area contributed by atoms with E-state index in [1.165, 1.54) is 6.42 Å².